The van der Waals surface area contributed by atoms with Gasteiger partial charge in [-0.15, -0.1) is 0 Å². The maximum atomic E-state index is 10.5. The number of hydrogen-bond acceptors (Lipinski definition) is 3. The molecule has 0 N–H and O–H groups in total. The summed E-state index contributed by atoms with van der Waals surface area (Å²) >= 11 is 0. The summed E-state index contributed by atoms with van der Waals surface area (Å²) in [5.74, 6) is -0.0730. The lowest BCUT2D eigenvalue weighted by Gasteiger charge is -2.20. The predicted octanol–water partition coefficient (Wildman–Crippen LogP) is 0.555. The Labute approximate surface area is 64.7 Å². The molecule has 0 radical (unpaired) electrons. The molecule has 0 spiro atoms. The van der Waals surface area contributed by atoms with Gasteiger partial charge >= 0.3 is 0 Å². The molecule has 2 aliphatic heterocycles. The van der Waals surface area contributed by atoms with Crippen molar-refractivity contribution in [1.29, 1.82) is 0 Å². The fourth-order valence-corrected chi connectivity index (χ4v) is 1.28. The molecule has 2 aliphatic rings. The normalized spacial score (nSPS) is 32.5. The number of rotatable bonds is 1. The van der Waals surface area contributed by atoms with Crippen LogP contribution in [0, 0.1) is 5.92 Å². The van der Waals surface area contributed by atoms with Crippen molar-refractivity contribution in [2.45, 2.75) is 6.04 Å². The first-order chi connectivity index (χ1) is 5.42. The summed E-state index contributed by atoms with van der Waals surface area (Å²) in [5.41, 5.74) is 0. The molecule has 0 aromatic carbocycles. The van der Waals surface area contributed by atoms with Crippen LogP contribution in [-0.4, -0.2) is 23.6 Å². The van der Waals surface area contributed by atoms with Gasteiger partial charge in [0.15, 0.2) is 0 Å². The van der Waals surface area contributed by atoms with Gasteiger partial charge in [-0.2, -0.15) is 5.10 Å². The average Bonchev–Trinajstić information content (AvgIpc) is 2.47. The van der Waals surface area contributed by atoms with E-state index in [1.807, 2.05) is 24.4 Å². The molecule has 0 fully saturated rings. The quantitative estimate of drug-likeness (QED) is 0.509. The fourth-order valence-electron chi connectivity index (χ4n) is 1.28. The molecule has 56 valence electrons. The summed E-state index contributed by atoms with van der Waals surface area (Å²) in [7, 11) is 0. The van der Waals surface area contributed by atoms with Crippen molar-refractivity contribution in [2.24, 2.45) is 11.0 Å². The highest BCUT2D eigenvalue weighted by Gasteiger charge is 2.27. The van der Waals surface area contributed by atoms with E-state index in [9.17, 15) is 4.79 Å². The summed E-state index contributed by atoms with van der Waals surface area (Å²) in [6.45, 7) is 0. The van der Waals surface area contributed by atoms with Crippen LogP contribution >= 0.6 is 0 Å². The minimum absolute atomic E-state index is 0.0730. The SMILES string of the molecule is O=CC1C=NN2C=CC=CC12. The second-order valence-corrected chi connectivity index (χ2v) is 2.57. The van der Waals surface area contributed by atoms with Gasteiger partial charge in [-0.1, -0.05) is 12.2 Å². The van der Waals surface area contributed by atoms with Crippen LogP contribution < -0.4 is 0 Å². The smallest absolute Gasteiger partial charge is 0.130 e. The predicted molar refractivity (Wildman–Crippen MR) is 42.0 cm³/mol. The number of hydrazone groups is 1. The summed E-state index contributed by atoms with van der Waals surface area (Å²) in [6.07, 6.45) is 10.3. The maximum absolute atomic E-state index is 10.5. The zero-order valence-corrected chi connectivity index (χ0v) is 5.92. The Morgan fingerprint density at radius 1 is 1.45 bits per heavy atom. The van der Waals surface area contributed by atoms with Crippen molar-refractivity contribution in [3.05, 3.63) is 24.4 Å². The molecule has 11 heavy (non-hydrogen) atoms. The second kappa shape index (κ2) is 2.34. The van der Waals surface area contributed by atoms with Gasteiger partial charge in [0.25, 0.3) is 0 Å². The van der Waals surface area contributed by atoms with Crippen LogP contribution in [0.2, 0.25) is 0 Å². The third kappa shape index (κ3) is 0.888. The molecule has 0 aromatic heterocycles. The van der Waals surface area contributed by atoms with Crippen LogP contribution in [0.4, 0.5) is 0 Å². The second-order valence-electron chi connectivity index (χ2n) is 2.57. The van der Waals surface area contributed by atoms with E-state index in [1.165, 1.54) is 0 Å². The van der Waals surface area contributed by atoms with Crippen LogP contribution in [0.25, 0.3) is 0 Å². The first-order valence-corrected chi connectivity index (χ1v) is 3.54. The Balaban J connectivity index is 2.24. The minimum atomic E-state index is -0.0730. The highest BCUT2D eigenvalue weighted by Crippen LogP contribution is 2.20. The van der Waals surface area contributed by atoms with Crippen molar-refractivity contribution < 1.29 is 4.79 Å². The van der Waals surface area contributed by atoms with Crippen LogP contribution in [-0.2, 0) is 4.79 Å². The van der Waals surface area contributed by atoms with E-state index in [4.69, 9.17) is 0 Å². The van der Waals surface area contributed by atoms with Gasteiger partial charge in [-0.25, -0.2) is 0 Å². The molecule has 0 saturated heterocycles. The van der Waals surface area contributed by atoms with Crippen molar-refractivity contribution in [3.8, 4) is 0 Å². The van der Waals surface area contributed by atoms with Gasteiger partial charge in [0, 0.05) is 12.4 Å². The van der Waals surface area contributed by atoms with Gasteiger partial charge < -0.3 is 4.79 Å². The molecule has 2 rings (SSSR count). The summed E-state index contributed by atoms with van der Waals surface area (Å²) in [5, 5.41) is 5.84. The Morgan fingerprint density at radius 2 is 2.36 bits per heavy atom. The van der Waals surface area contributed by atoms with Crippen molar-refractivity contribution in [2.75, 3.05) is 0 Å². The molecular weight excluding hydrogens is 140 g/mol. The highest BCUT2D eigenvalue weighted by atomic mass is 16.1. The number of hydrogen-bond donors (Lipinski definition) is 0. The molecule has 0 amide bonds. The van der Waals surface area contributed by atoms with Crippen LogP contribution in [0.15, 0.2) is 29.5 Å². The van der Waals surface area contributed by atoms with Gasteiger partial charge in [-0.3, -0.25) is 5.01 Å². The molecule has 3 nitrogen and oxygen atoms in total. The molecular formula is C8H8N2O. The van der Waals surface area contributed by atoms with Gasteiger partial charge in [0.1, 0.15) is 6.29 Å². The third-order valence-corrected chi connectivity index (χ3v) is 1.89. The standard InChI is InChI=1S/C8H8N2O/c11-6-7-5-9-10-4-2-1-3-8(7)10/h1-8H. The highest BCUT2D eigenvalue weighted by molar-refractivity contribution is 5.83. The van der Waals surface area contributed by atoms with Crippen LogP contribution in [0.5, 0.6) is 0 Å². The number of nitrogens with zero attached hydrogens (tertiary/aromatic N) is 2. The Bertz CT molecular complexity index is 247. The van der Waals surface area contributed by atoms with Gasteiger partial charge in [-0.05, 0) is 6.08 Å². The number of allylic oxidation sites excluding steroid dienone is 2. The summed E-state index contributed by atoms with van der Waals surface area (Å²) in [4.78, 5) is 10.5. The van der Waals surface area contributed by atoms with E-state index in [1.54, 1.807) is 11.2 Å². The van der Waals surface area contributed by atoms with Crippen molar-refractivity contribution in [3.63, 3.8) is 0 Å². The molecule has 0 saturated carbocycles. The van der Waals surface area contributed by atoms with E-state index in [0.717, 1.165) is 6.29 Å². The largest absolute Gasteiger partial charge is 0.303 e. The third-order valence-electron chi connectivity index (χ3n) is 1.89. The number of carbonyl (C=O) groups is 1. The minimum Gasteiger partial charge on any atom is -0.303 e. The molecule has 2 atom stereocenters. The lowest BCUT2D eigenvalue weighted by molar-refractivity contribution is -0.109. The van der Waals surface area contributed by atoms with E-state index in [-0.39, 0.29) is 12.0 Å². The molecule has 2 unspecified atom stereocenters. The summed E-state index contributed by atoms with van der Waals surface area (Å²) in [6, 6.07) is 0.123. The Kier molecular flexibility index (Phi) is 1.35. The monoisotopic (exact) mass is 148 g/mol. The lowest BCUT2D eigenvalue weighted by Crippen LogP contribution is -2.28. The van der Waals surface area contributed by atoms with Gasteiger partial charge in [0.05, 0.1) is 12.0 Å². The van der Waals surface area contributed by atoms with E-state index in [2.05, 4.69) is 5.10 Å². The molecule has 0 bridgehead atoms. The lowest BCUT2D eigenvalue weighted by atomic mass is 10.0. The molecule has 0 aliphatic carbocycles. The van der Waals surface area contributed by atoms with Gasteiger partial charge in [0.2, 0.25) is 0 Å². The van der Waals surface area contributed by atoms with E-state index < -0.39 is 0 Å². The maximum Gasteiger partial charge on any atom is 0.130 e. The Hall–Kier alpha value is -1.38. The number of carbonyl (C=O) groups excluding carboxylic acids is 1. The van der Waals surface area contributed by atoms with Crippen LogP contribution in [0.1, 0.15) is 0 Å². The molecule has 3 heteroatoms. The number of aldehydes is 1. The van der Waals surface area contributed by atoms with Crippen molar-refractivity contribution >= 4 is 12.5 Å². The topological polar surface area (TPSA) is 32.7 Å². The van der Waals surface area contributed by atoms with E-state index in [0.29, 0.717) is 0 Å². The van der Waals surface area contributed by atoms with E-state index >= 15 is 0 Å². The zero-order valence-electron chi connectivity index (χ0n) is 5.92. The summed E-state index contributed by atoms with van der Waals surface area (Å²) < 4.78 is 0. The first-order valence-electron chi connectivity index (χ1n) is 3.54. The molecule has 2 heterocycles. The van der Waals surface area contributed by atoms with Crippen molar-refractivity contribution in [1.82, 2.24) is 5.01 Å². The zero-order chi connectivity index (χ0) is 7.68. The first kappa shape index (κ1) is 6.34. The Morgan fingerprint density at radius 3 is 3.18 bits per heavy atom. The van der Waals surface area contributed by atoms with Crippen LogP contribution in [0.3, 0.4) is 0 Å². The fraction of sp³-hybridized carbons (Fsp3) is 0.250. The number of fused-ring (bicyclic) bond motifs is 1. The average molecular weight is 148 g/mol. The molecule has 0 aromatic rings.